The molecule has 0 radical (unpaired) electrons. The Hall–Kier alpha value is -0.490. The Kier molecular flexibility index (Phi) is 5.72. The average Bonchev–Trinajstić information content (AvgIpc) is 2.20. The first-order valence-corrected chi connectivity index (χ1v) is 6.24. The fourth-order valence-electron chi connectivity index (χ4n) is 1.83. The molecular weight excluding hydrogens is 271 g/mol. The number of alkyl halides is 4. The smallest absolute Gasteiger partial charge is 0.372 e. The number of nitrogens with zero attached hydrogens (tertiary/aromatic N) is 1. The third-order valence-corrected chi connectivity index (χ3v) is 3.22. The molecule has 18 heavy (non-hydrogen) atoms. The van der Waals surface area contributed by atoms with Crippen LogP contribution < -0.4 is 0 Å². The van der Waals surface area contributed by atoms with Crippen LogP contribution in [0.5, 0.6) is 0 Å². The van der Waals surface area contributed by atoms with Crippen molar-refractivity contribution in [3.8, 4) is 0 Å². The second-order valence-corrected chi connectivity index (χ2v) is 5.24. The van der Waals surface area contributed by atoms with Crippen LogP contribution in [-0.4, -0.2) is 49.2 Å². The lowest BCUT2D eigenvalue weighted by Gasteiger charge is -2.34. The molecule has 1 rings (SSSR count). The predicted octanol–water partition coefficient (Wildman–Crippen LogP) is 2.43. The van der Waals surface area contributed by atoms with Gasteiger partial charge in [-0.05, 0) is 18.8 Å². The van der Waals surface area contributed by atoms with Crippen LogP contribution in [0.1, 0.15) is 19.3 Å². The number of halogens is 4. The highest BCUT2D eigenvalue weighted by Crippen LogP contribution is 2.32. The van der Waals surface area contributed by atoms with Gasteiger partial charge in [-0.2, -0.15) is 13.2 Å². The fourth-order valence-corrected chi connectivity index (χ4v) is 2.33. The molecule has 3 nitrogen and oxygen atoms in total. The minimum absolute atomic E-state index is 0.0242. The molecule has 0 bridgehead atoms. The summed E-state index contributed by atoms with van der Waals surface area (Å²) in [5, 5.41) is 0.202. The van der Waals surface area contributed by atoms with E-state index in [4.69, 9.17) is 11.6 Å². The van der Waals surface area contributed by atoms with Gasteiger partial charge in [0, 0.05) is 19.0 Å². The maximum Gasteiger partial charge on any atom is 0.411 e. The van der Waals surface area contributed by atoms with Crippen LogP contribution in [0.2, 0.25) is 0 Å². The molecule has 1 aliphatic carbocycles. The fraction of sp³-hybridized carbons (Fsp3) is 0.909. The van der Waals surface area contributed by atoms with Crippen molar-refractivity contribution in [1.82, 2.24) is 4.90 Å². The summed E-state index contributed by atoms with van der Waals surface area (Å²) in [5.74, 6) is 0.216. The second kappa shape index (κ2) is 6.61. The number of carbonyl (C=O) groups excluding carboxylic acids is 1. The van der Waals surface area contributed by atoms with Crippen LogP contribution in [-0.2, 0) is 9.53 Å². The van der Waals surface area contributed by atoms with E-state index in [1.54, 1.807) is 7.05 Å². The van der Waals surface area contributed by atoms with Gasteiger partial charge in [0.25, 0.3) is 0 Å². The van der Waals surface area contributed by atoms with Gasteiger partial charge in [0.05, 0.1) is 13.0 Å². The Morgan fingerprint density at radius 3 is 2.56 bits per heavy atom. The number of carbonyl (C=O) groups is 1. The quantitative estimate of drug-likeness (QED) is 0.555. The molecule has 0 unspecified atom stereocenters. The summed E-state index contributed by atoms with van der Waals surface area (Å²) in [5.41, 5.74) is 0. The topological polar surface area (TPSA) is 29.5 Å². The molecule has 7 heteroatoms. The number of hydrogen-bond donors (Lipinski definition) is 0. The number of rotatable bonds is 6. The maximum absolute atomic E-state index is 11.8. The first-order valence-electron chi connectivity index (χ1n) is 5.80. The van der Waals surface area contributed by atoms with Crippen molar-refractivity contribution in [2.24, 2.45) is 5.92 Å². The Balaban J connectivity index is 2.08. The Labute approximate surface area is 109 Å². The number of ether oxygens (including phenoxy) is 1. The molecule has 0 spiro atoms. The van der Waals surface area contributed by atoms with E-state index in [9.17, 15) is 18.0 Å². The molecule has 1 fully saturated rings. The molecule has 0 aromatic heterocycles. The highest BCUT2D eigenvalue weighted by molar-refractivity contribution is 6.21. The summed E-state index contributed by atoms with van der Waals surface area (Å²) < 4.78 is 39.7. The van der Waals surface area contributed by atoms with Crippen LogP contribution >= 0.6 is 11.6 Å². The minimum atomic E-state index is -4.34. The zero-order valence-corrected chi connectivity index (χ0v) is 10.9. The van der Waals surface area contributed by atoms with Gasteiger partial charge in [-0.3, -0.25) is 4.79 Å². The van der Waals surface area contributed by atoms with E-state index in [0.717, 1.165) is 12.8 Å². The zero-order chi connectivity index (χ0) is 13.8. The van der Waals surface area contributed by atoms with Gasteiger partial charge in [-0.1, -0.05) is 0 Å². The lowest BCUT2D eigenvalue weighted by molar-refractivity contribution is -0.175. The zero-order valence-electron chi connectivity index (χ0n) is 10.2. The first kappa shape index (κ1) is 15.6. The molecule has 1 aliphatic rings. The first-order chi connectivity index (χ1) is 8.28. The van der Waals surface area contributed by atoms with Gasteiger partial charge in [0.2, 0.25) is 5.91 Å². The molecule has 0 saturated heterocycles. The lowest BCUT2D eigenvalue weighted by Crippen LogP contribution is -2.38. The van der Waals surface area contributed by atoms with Crippen molar-refractivity contribution in [3.63, 3.8) is 0 Å². The summed E-state index contributed by atoms with van der Waals surface area (Å²) in [7, 11) is 1.65. The Morgan fingerprint density at radius 2 is 2.06 bits per heavy atom. The van der Waals surface area contributed by atoms with E-state index < -0.39 is 12.8 Å². The molecule has 0 aliphatic heterocycles. The van der Waals surface area contributed by atoms with Gasteiger partial charge in [0.15, 0.2) is 0 Å². The van der Waals surface area contributed by atoms with Crippen LogP contribution in [0.15, 0.2) is 0 Å². The second-order valence-electron chi connectivity index (χ2n) is 4.63. The minimum Gasteiger partial charge on any atom is -0.372 e. The molecule has 1 saturated carbocycles. The van der Waals surface area contributed by atoms with E-state index in [2.05, 4.69) is 4.74 Å². The van der Waals surface area contributed by atoms with Gasteiger partial charge in [-0.15, -0.1) is 11.6 Å². The van der Waals surface area contributed by atoms with Crippen molar-refractivity contribution >= 4 is 17.5 Å². The Bertz CT molecular complexity index is 280. The predicted molar refractivity (Wildman–Crippen MR) is 61.5 cm³/mol. The van der Waals surface area contributed by atoms with E-state index >= 15 is 0 Å². The highest BCUT2D eigenvalue weighted by Gasteiger charge is 2.29. The maximum atomic E-state index is 11.8. The van der Waals surface area contributed by atoms with Crippen LogP contribution in [0.4, 0.5) is 13.2 Å². The molecule has 0 aromatic rings. The number of amides is 1. The summed E-state index contributed by atoms with van der Waals surface area (Å²) in [6, 6.07) is 0. The normalized spacial score (nSPS) is 23.6. The SMILES string of the molecule is CN(CC1CC(Cl)C1)C(=O)CCOCC(F)(F)F. The Morgan fingerprint density at radius 1 is 1.44 bits per heavy atom. The summed E-state index contributed by atoms with van der Waals surface area (Å²) in [6.45, 7) is -0.895. The van der Waals surface area contributed by atoms with Crippen molar-refractivity contribution in [3.05, 3.63) is 0 Å². The van der Waals surface area contributed by atoms with Crippen LogP contribution in [0, 0.1) is 5.92 Å². The molecule has 0 atom stereocenters. The summed E-state index contributed by atoms with van der Waals surface area (Å²) >= 11 is 5.82. The van der Waals surface area contributed by atoms with Gasteiger partial charge in [-0.25, -0.2) is 0 Å². The monoisotopic (exact) mass is 287 g/mol. The number of hydrogen-bond acceptors (Lipinski definition) is 2. The summed E-state index contributed by atoms with van der Waals surface area (Å²) in [6.07, 6.45) is -2.58. The third-order valence-electron chi connectivity index (χ3n) is 2.86. The molecule has 106 valence electrons. The van der Waals surface area contributed by atoms with E-state index in [0.29, 0.717) is 12.5 Å². The molecule has 0 N–H and O–H groups in total. The highest BCUT2D eigenvalue weighted by atomic mass is 35.5. The molecule has 1 amide bonds. The lowest BCUT2D eigenvalue weighted by atomic mass is 9.84. The van der Waals surface area contributed by atoms with Crippen LogP contribution in [0.3, 0.4) is 0 Å². The van der Waals surface area contributed by atoms with Crippen molar-refractivity contribution in [2.75, 3.05) is 26.8 Å². The third kappa shape index (κ3) is 5.91. The van der Waals surface area contributed by atoms with Crippen molar-refractivity contribution < 1.29 is 22.7 Å². The molecule has 0 heterocycles. The largest absolute Gasteiger partial charge is 0.411 e. The van der Waals surface area contributed by atoms with E-state index in [-0.39, 0.29) is 24.3 Å². The van der Waals surface area contributed by atoms with Crippen LogP contribution in [0.25, 0.3) is 0 Å². The van der Waals surface area contributed by atoms with Crippen molar-refractivity contribution in [2.45, 2.75) is 30.8 Å². The molecular formula is C11H17ClF3NO2. The average molecular weight is 288 g/mol. The van der Waals surface area contributed by atoms with E-state index in [1.807, 2.05) is 0 Å². The van der Waals surface area contributed by atoms with E-state index in [1.165, 1.54) is 4.90 Å². The standard InChI is InChI=1S/C11H17ClF3NO2/c1-16(6-8-4-9(12)5-8)10(17)2-3-18-7-11(13,14)15/h8-9H,2-7H2,1H3. The molecule has 0 aromatic carbocycles. The van der Waals surface area contributed by atoms with Gasteiger partial charge < -0.3 is 9.64 Å². The van der Waals surface area contributed by atoms with Gasteiger partial charge in [0.1, 0.15) is 6.61 Å². The van der Waals surface area contributed by atoms with Crippen molar-refractivity contribution in [1.29, 1.82) is 0 Å². The summed E-state index contributed by atoms with van der Waals surface area (Å²) in [4.78, 5) is 13.1. The van der Waals surface area contributed by atoms with Gasteiger partial charge >= 0.3 is 6.18 Å².